The summed E-state index contributed by atoms with van der Waals surface area (Å²) in [6.07, 6.45) is 0.679. The fourth-order valence-corrected chi connectivity index (χ4v) is 3.22. The zero-order valence-corrected chi connectivity index (χ0v) is 14.4. The summed E-state index contributed by atoms with van der Waals surface area (Å²) in [7, 11) is -5.12. The summed E-state index contributed by atoms with van der Waals surface area (Å²) in [6.45, 7) is 0. The van der Waals surface area contributed by atoms with E-state index >= 15 is 0 Å². The maximum Gasteiger partial charge on any atom is 0.335 e. The van der Waals surface area contributed by atoms with Crippen LogP contribution in [0, 0.1) is 0 Å². The van der Waals surface area contributed by atoms with Crippen LogP contribution in [-0.4, -0.2) is 59.1 Å². The minimum atomic E-state index is -4.58. The molecule has 2 N–H and O–H groups in total. The van der Waals surface area contributed by atoms with Crippen LogP contribution in [0.1, 0.15) is 0 Å². The number of rotatable bonds is 6. The molecule has 0 atom stereocenters. The molecule has 0 bridgehead atoms. The fraction of sp³-hybridized carbons (Fsp3) is 0.400. The van der Waals surface area contributed by atoms with Crippen molar-refractivity contribution in [1.29, 1.82) is 0 Å². The van der Waals surface area contributed by atoms with Crippen molar-refractivity contribution in [3.63, 3.8) is 0 Å². The summed E-state index contributed by atoms with van der Waals surface area (Å²) >= 11 is 0. The van der Waals surface area contributed by atoms with E-state index in [0.717, 1.165) is 7.05 Å². The van der Waals surface area contributed by atoms with Crippen molar-refractivity contribution in [3.8, 4) is 11.6 Å². The Bertz CT molecular complexity index is 769. The van der Waals surface area contributed by atoms with E-state index in [1.165, 1.54) is 31.1 Å². The van der Waals surface area contributed by atoms with Crippen LogP contribution in [-0.2, 0) is 20.2 Å². The molecule has 1 aromatic rings. The predicted octanol–water partition coefficient (Wildman–Crippen LogP) is -0.643. The Morgan fingerprint density at radius 1 is 1.17 bits per heavy atom. The molecule has 130 valence electrons. The molecule has 2 amide bonds. The van der Waals surface area contributed by atoms with E-state index in [4.69, 9.17) is 9.47 Å². The second-order valence-electron chi connectivity index (χ2n) is 4.14. The van der Waals surface area contributed by atoms with Gasteiger partial charge in [-0.05, 0) is 0 Å². The van der Waals surface area contributed by atoms with Gasteiger partial charge in [0, 0.05) is 19.2 Å². The van der Waals surface area contributed by atoms with Crippen LogP contribution in [0.25, 0.3) is 0 Å². The van der Waals surface area contributed by atoms with Gasteiger partial charge in [0.05, 0.1) is 20.5 Å². The van der Waals surface area contributed by atoms with Crippen LogP contribution in [0.2, 0.25) is 0 Å². The lowest BCUT2D eigenvalue weighted by molar-refractivity contribution is 0.256. The van der Waals surface area contributed by atoms with Gasteiger partial charge in [-0.15, -0.1) is 0 Å². The topological polar surface area (TPSA) is 144 Å². The maximum absolute atomic E-state index is 11.7. The highest BCUT2D eigenvalue weighted by molar-refractivity contribution is 8.03. The monoisotopic (exact) mass is 368 g/mol. The van der Waals surface area contributed by atoms with E-state index in [1.54, 1.807) is 0 Å². The van der Waals surface area contributed by atoms with E-state index in [9.17, 15) is 21.6 Å². The highest BCUT2D eigenvalue weighted by Crippen LogP contribution is 2.21. The smallest absolute Gasteiger partial charge is 0.335 e. The molecule has 13 heteroatoms. The van der Waals surface area contributed by atoms with Gasteiger partial charge >= 0.3 is 16.2 Å². The van der Waals surface area contributed by atoms with Gasteiger partial charge in [0.15, 0.2) is 0 Å². The first kappa shape index (κ1) is 18.9. The molecule has 1 heterocycles. The highest BCUT2D eigenvalue weighted by atomic mass is 32.3. The fourth-order valence-electron chi connectivity index (χ4n) is 1.27. The SMILES string of the molecule is COc1cc(NC(=O)NS(=O)(=O)N(C)S(C)(=O)=O)nc(OC)c1. The minimum Gasteiger partial charge on any atom is -0.496 e. The van der Waals surface area contributed by atoms with Crippen molar-refractivity contribution in [2.45, 2.75) is 0 Å². The number of carbonyl (C=O) groups is 1. The third kappa shape index (κ3) is 5.22. The molecule has 23 heavy (non-hydrogen) atoms. The average molecular weight is 368 g/mol. The number of urea groups is 1. The lowest BCUT2D eigenvalue weighted by Crippen LogP contribution is -2.45. The van der Waals surface area contributed by atoms with Crippen molar-refractivity contribution < 1.29 is 31.1 Å². The number of anilines is 1. The number of ether oxygens (including phenoxy) is 2. The Hall–Kier alpha value is -2.12. The van der Waals surface area contributed by atoms with Crippen molar-refractivity contribution >= 4 is 32.1 Å². The lowest BCUT2D eigenvalue weighted by Gasteiger charge is -2.15. The zero-order chi connectivity index (χ0) is 17.8. The Morgan fingerprint density at radius 3 is 2.26 bits per heavy atom. The molecule has 0 fully saturated rings. The predicted molar refractivity (Wildman–Crippen MR) is 81.0 cm³/mol. The number of nitrogens with one attached hydrogen (secondary N) is 2. The van der Waals surface area contributed by atoms with Gasteiger partial charge < -0.3 is 9.47 Å². The standard InChI is InChI=1S/C10H16N4O7S2/c1-14(22(4,16)17)23(18,19)13-10(15)12-8-5-7(20-2)6-9(11-8)21-3/h5-6H,1-4H3,(H2,11,12,13,15). The first-order valence-electron chi connectivity index (χ1n) is 5.87. The quantitative estimate of drug-likeness (QED) is 0.674. The van der Waals surface area contributed by atoms with Gasteiger partial charge in [0.1, 0.15) is 11.6 Å². The molecule has 0 aromatic carbocycles. The minimum absolute atomic E-state index is 0.0270. The molecule has 0 aliphatic rings. The van der Waals surface area contributed by atoms with Crippen LogP contribution in [0.15, 0.2) is 12.1 Å². The lowest BCUT2D eigenvalue weighted by atomic mass is 10.4. The number of hydrogen-bond donors (Lipinski definition) is 2. The summed E-state index contributed by atoms with van der Waals surface area (Å²) in [6, 6.07) is 1.55. The molecular formula is C10H16N4O7S2. The van der Waals surface area contributed by atoms with Crippen LogP contribution in [0.4, 0.5) is 10.6 Å². The van der Waals surface area contributed by atoms with Gasteiger partial charge in [-0.3, -0.25) is 5.32 Å². The van der Waals surface area contributed by atoms with E-state index in [-0.39, 0.29) is 15.4 Å². The van der Waals surface area contributed by atoms with Gasteiger partial charge in [0.25, 0.3) is 0 Å². The first-order chi connectivity index (χ1) is 10.5. The Morgan fingerprint density at radius 2 is 1.78 bits per heavy atom. The molecule has 0 spiro atoms. The molecule has 0 aliphatic carbocycles. The summed E-state index contributed by atoms with van der Waals surface area (Å²) < 4.78 is 57.3. The van der Waals surface area contributed by atoms with Crippen LogP contribution >= 0.6 is 0 Å². The highest BCUT2D eigenvalue weighted by Gasteiger charge is 2.28. The summed E-state index contributed by atoms with van der Waals surface area (Å²) in [5.41, 5.74) is 0. The van der Waals surface area contributed by atoms with E-state index in [2.05, 4.69) is 10.3 Å². The molecule has 0 saturated heterocycles. The molecule has 0 radical (unpaired) electrons. The number of hydrogen-bond acceptors (Lipinski definition) is 8. The van der Waals surface area contributed by atoms with Crippen molar-refractivity contribution in [2.75, 3.05) is 32.8 Å². The largest absolute Gasteiger partial charge is 0.496 e. The number of methoxy groups -OCH3 is 2. The van der Waals surface area contributed by atoms with Crippen molar-refractivity contribution in [2.24, 2.45) is 0 Å². The Labute approximate surface area is 133 Å². The van der Waals surface area contributed by atoms with E-state index in [1.807, 2.05) is 0 Å². The number of carbonyl (C=O) groups excluding carboxylic acids is 1. The molecule has 1 rings (SSSR count). The molecule has 0 unspecified atom stereocenters. The second kappa shape index (κ2) is 6.97. The average Bonchev–Trinajstić information content (AvgIpc) is 2.44. The first-order valence-corrected chi connectivity index (χ1v) is 9.16. The van der Waals surface area contributed by atoms with E-state index in [0.29, 0.717) is 12.0 Å². The maximum atomic E-state index is 11.7. The number of nitrogens with zero attached hydrogens (tertiary/aromatic N) is 2. The normalized spacial score (nSPS) is 11.9. The summed E-state index contributed by atoms with van der Waals surface area (Å²) in [4.78, 5) is 15.6. The zero-order valence-electron chi connectivity index (χ0n) is 12.7. The van der Waals surface area contributed by atoms with Crippen LogP contribution < -0.4 is 19.5 Å². The molecule has 11 nitrogen and oxygen atoms in total. The van der Waals surface area contributed by atoms with Gasteiger partial charge in [-0.25, -0.2) is 17.9 Å². The van der Waals surface area contributed by atoms with Crippen molar-refractivity contribution in [1.82, 2.24) is 13.4 Å². The molecule has 1 aromatic heterocycles. The van der Waals surface area contributed by atoms with Crippen LogP contribution in [0.3, 0.4) is 0 Å². The van der Waals surface area contributed by atoms with Gasteiger partial charge in [0.2, 0.25) is 15.9 Å². The third-order valence-corrected chi connectivity index (χ3v) is 5.94. The summed E-state index contributed by atoms with van der Waals surface area (Å²) in [5, 5.41) is 2.13. The number of sulfonamides is 1. The number of aromatic nitrogens is 1. The Balaban J connectivity index is 2.93. The molecular weight excluding hydrogens is 352 g/mol. The van der Waals surface area contributed by atoms with E-state index < -0.39 is 26.3 Å². The number of amides is 2. The molecule has 0 saturated carbocycles. The second-order valence-corrected chi connectivity index (χ2v) is 8.09. The Kier molecular flexibility index (Phi) is 5.74. The van der Waals surface area contributed by atoms with Crippen LogP contribution in [0.5, 0.6) is 11.6 Å². The van der Waals surface area contributed by atoms with Gasteiger partial charge in [-0.1, -0.05) is 3.71 Å². The summed E-state index contributed by atoms with van der Waals surface area (Å²) in [5.74, 6) is 0.370. The third-order valence-electron chi connectivity index (χ3n) is 2.49. The molecule has 0 aliphatic heterocycles. The van der Waals surface area contributed by atoms with Crippen molar-refractivity contribution in [3.05, 3.63) is 12.1 Å². The van der Waals surface area contributed by atoms with Gasteiger partial charge in [-0.2, -0.15) is 13.4 Å². The number of pyridine rings is 1.